The van der Waals surface area contributed by atoms with Gasteiger partial charge in [0, 0.05) is 19.0 Å². The van der Waals surface area contributed by atoms with E-state index in [0.717, 1.165) is 10.9 Å². The van der Waals surface area contributed by atoms with Gasteiger partial charge in [-0.2, -0.15) is 5.10 Å². The number of nitrogens with one attached hydrogen (secondary N) is 1. The predicted molar refractivity (Wildman–Crippen MR) is 85.4 cm³/mol. The maximum absolute atomic E-state index is 12.1. The number of rotatable bonds is 5. The van der Waals surface area contributed by atoms with Gasteiger partial charge in [-0.25, -0.2) is 4.79 Å². The lowest BCUT2D eigenvalue weighted by Gasteiger charge is -2.07. The topological polar surface area (TPSA) is 86.4 Å². The fraction of sp³-hybridized carbons (Fsp3) is 0.312. The summed E-state index contributed by atoms with van der Waals surface area (Å²) >= 11 is 0. The number of aryl methyl sites for hydroxylation is 1. The van der Waals surface area contributed by atoms with Crippen molar-refractivity contribution in [3.8, 4) is 0 Å². The van der Waals surface area contributed by atoms with Crippen LogP contribution in [0, 0.1) is 6.92 Å². The molecule has 7 nitrogen and oxygen atoms in total. The van der Waals surface area contributed by atoms with Crippen molar-refractivity contribution in [2.75, 3.05) is 20.3 Å². The summed E-state index contributed by atoms with van der Waals surface area (Å²) in [7, 11) is 1.57. The number of aromatic nitrogens is 2. The van der Waals surface area contributed by atoms with E-state index in [0.29, 0.717) is 29.6 Å². The molecule has 2 heterocycles. The quantitative estimate of drug-likeness (QED) is 0.565. The summed E-state index contributed by atoms with van der Waals surface area (Å²) in [5.74, 6) is -0.193. The van der Waals surface area contributed by atoms with E-state index in [-0.39, 0.29) is 12.5 Å². The number of amides is 1. The van der Waals surface area contributed by atoms with Crippen molar-refractivity contribution in [1.82, 2.24) is 15.1 Å². The minimum atomic E-state index is -0.456. The van der Waals surface area contributed by atoms with Crippen LogP contribution in [0.4, 0.5) is 0 Å². The van der Waals surface area contributed by atoms with Gasteiger partial charge in [-0.3, -0.25) is 9.48 Å². The lowest BCUT2D eigenvalue weighted by molar-refractivity contribution is -0.121. The highest BCUT2D eigenvalue weighted by atomic mass is 16.5. The van der Waals surface area contributed by atoms with Gasteiger partial charge in [0.05, 0.1) is 18.3 Å². The molecule has 3 aromatic rings. The van der Waals surface area contributed by atoms with Crippen molar-refractivity contribution in [2.24, 2.45) is 0 Å². The Morgan fingerprint density at radius 2 is 2.22 bits per heavy atom. The van der Waals surface area contributed by atoms with Crippen molar-refractivity contribution in [3.05, 3.63) is 40.4 Å². The summed E-state index contributed by atoms with van der Waals surface area (Å²) in [4.78, 5) is 24.0. The molecule has 0 spiro atoms. The van der Waals surface area contributed by atoms with Crippen LogP contribution in [0.1, 0.15) is 5.56 Å². The van der Waals surface area contributed by atoms with Crippen LogP contribution in [0.15, 0.2) is 33.6 Å². The zero-order valence-corrected chi connectivity index (χ0v) is 13.0. The van der Waals surface area contributed by atoms with E-state index in [1.165, 1.54) is 10.9 Å². The molecule has 0 saturated carbocycles. The van der Waals surface area contributed by atoms with E-state index in [9.17, 15) is 9.59 Å². The third-order valence-corrected chi connectivity index (χ3v) is 3.57. The van der Waals surface area contributed by atoms with E-state index < -0.39 is 5.63 Å². The van der Waals surface area contributed by atoms with E-state index in [2.05, 4.69) is 10.4 Å². The summed E-state index contributed by atoms with van der Waals surface area (Å²) in [5, 5.41) is 8.04. The fourth-order valence-electron chi connectivity index (χ4n) is 2.50. The first-order valence-electron chi connectivity index (χ1n) is 7.25. The van der Waals surface area contributed by atoms with Crippen molar-refractivity contribution < 1.29 is 13.9 Å². The van der Waals surface area contributed by atoms with Gasteiger partial charge in [0.25, 0.3) is 0 Å². The van der Waals surface area contributed by atoms with Crippen molar-refractivity contribution in [2.45, 2.75) is 13.5 Å². The fourth-order valence-corrected chi connectivity index (χ4v) is 2.50. The van der Waals surface area contributed by atoms with Gasteiger partial charge in [-0.1, -0.05) is 11.6 Å². The smallest absolute Gasteiger partial charge is 0.347 e. The molecule has 1 amide bonds. The normalized spacial score (nSPS) is 11.2. The molecule has 1 aromatic carbocycles. The highest BCUT2D eigenvalue weighted by Crippen LogP contribution is 2.23. The van der Waals surface area contributed by atoms with Crippen molar-refractivity contribution in [1.29, 1.82) is 0 Å². The van der Waals surface area contributed by atoms with Crippen molar-refractivity contribution >= 4 is 27.8 Å². The van der Waals surface area contributed by atoms with Crippen LogP contribution in [-0.2, 0) is 16.1 Å². The number of fused-ring (bicyclic) bond motifs is 3. The number of carbonyl (C=O) groups excluding carboxylic acids is 1. The molecule has 23 heavy (non-hydrogen) atoms. The first kappa shape index (κ1) is 15.2. The molecule has 7 heteroatoms. The molecule has 0 fully saturated rings. The van der Waals surface area contributed by atoms with Gasteiger partial charge in [0.2, 0.25) is 5.91 Å². The molecule has 0 atom stereocenters. The predicted octanol–water partition coefficient (Wildman–Crippen LogP) is 1.21. The number of carbonyl (C=O) groups is 1. The lowest BCUT2D eigenvalue weighted by Crippen LogP contribution is -2.30. The van der Waals surface area contributed by atoms with E-state index in [1.54, 1.807) is 13.2 Å². The minimum Gasteiger partial charge on any atom is -0.422 e. The summed E-state index contributed by atoms with van der Waals surface area (Å²) in [6.45, 7) is 2.85. The van der Waals surface area contributed by atoms with E-state index in [1.807, 2.05) is 19.1 Å². The van der Waals surface area contributed by atoms with Crippen LogP contribution in [-0.4, -0.2) is 35.9 Å². The molecule has 3 rings (SSSR count). The first-order chi connectivity index (χ1) is 11.1. The molecule has 0 saturated heterocycles. The van der Waals surface area contributed by atoms with Gasteiger partial charge in [0.1, 0.15) is 17.5 Å². The standard InChI is InChI=1S/C16H17N3O4/c1-10-3-4-13-11(7-10)15-12(16(21)23-13)8-18-19(15)9-14(20)17-5-6-22-2/h3-4,7-8H,5-6,9H2,1-2H3,(H,17,20). The molecule has 0 unspecified atom stereocenters. The van der Waals surface area contributed by atoms with Gasteiger partial charge in [0.15, 0.2) is 0 Å². The molecular weight excluding hydrogens is 298 g/mol. The van der Waals surface area contributed by atoms with Crippen molar-refractivity contribution in [3.63, 3.8) is 0 Å². The summed E-state index contributed by atoms with van der Waals surface area (Å²) in [6.07, 6.45) is 1.44. The molecule has 0 aliphatic heterocycles. The Morgan fingerprint density at radius 3 is 3.00 bits per heavy atom. The zero-order chi connectivity index (χ0) is 16.4. The Kier molecular flexibility index (Phi) is 4.12. The van der Waals surface area contributed by atoms with Crippen LogP contribution in [0.3, 0.4) is 0 Å². The number of ether oxygens (including phenoxy) is 1. The monoisotopic (exact) mass is 315 g/mol. The van der Waals surface area contributed by atoms with E-state index in [4.69, 9.17) is 9.15 Å². The van der Waals surface area contributed by atoms with Gasteiger partial charge >= 0.3 is 5.63 Å². The van der Waals surface area contributed by atoms with Gasteiger partial charge in [-0.15, -0.1) is 0 Å². The van der Waals surface area contributed by atoms with Crippen LogP contribution in [0.5, 0.6) is 0 Å². The van der Waals surface area contributed by atoms with E-state index >= 15 is 0 Å². The average Bonchev–Trinajstić information content (AvgIpc) is 2.93. The third kappa shape index (κ3) is 2.95. The highest BCUT2D eigenvalue weighted by molar-refractivity contribution is 6.02. The Labute approximate surface area is 131 Å². The maximum Gasteiger partial charge on any atom is 0.347 e. The average molecular weight is 315 g/mol. The molecule has 120 valence electrons. The van der Waals surface area contributed by atoms with Gasteiger partial charge in [-0.05, 0) is 19.1 Å². The summed E-state index contributed by atoms with van der Waals surface area (Å²) in [6, 6.07) is 5.54. The number of hydrogen-bond donors (Lipinski definition) is 1. The van der Waals surface area contributed by atoms with Crippen LogP contribution >= 0.6 is 0 Å². The molecule has 1 N–H and O–H groups in total. The molecule has 0 aliphatic rings. The van der Waals surface area contributed by atoms with Crippen LogP contribution in [0.2, 0.25) is 0 Å². The summed E-state index contributed by atoms with van der Waals surface area (Å²) in [5.41, 5.74) is 1.67. The molecule has 0 aliphatic carbocycles. The SMILES string of the molecule is COCCNC(=O)Cn1ncc2c(=O)oc3ccc(C)cc3c21. The Hall–Kier alpha value is -2.67. The highest BCUT2D eigenvalue weighted by Gasteiger charge is 2.15. The number of nitrogens with zero attached hydrogens (tertiary/aromatic N) is 2. The number of methoxy groups -OCH3 is 1. The Balaban J connectivity index is 2.04. The lowest BCUT2D eigenvalue weighted by atomic mass is 10.1. The largest absolute Gasteiger partial charge is 0.422 e. The second kappa shape index (κ2) is 6.21. The minimum absolute atomic E-state index is 0.0275. The van der Waals surface area contributed by atoms with Gasteiger partial charge < -0.3 is 14.5 Å². The van der Waals surface area contributed by atoms with Crippen LogP contribution < -0.4 is 10.9 Å². The molecule has 0 radical (unpaired) electrons. The second-order valence-corrected chi connectivity index (χ2v) is 5.30. The molecule has 0 bridgehead atoms. The number of hydrogen-bond acceptors (Lipinski definition) is 5. The maximum atomic E-state index is 12.1. The Bertz CT molecular complexity index is 926. The molecular formula is C16H17N3O4. The summed E-state index contributed by atoms with van der Waals surface area (Å²) < 4.78 is 11.7. The first-order valence-corrected chi connectivity index (χ1v) is 7.25. The zero-order valence-electron chi connectivity index (χ0n) is 13.0. The Morgan fingerprint density at radius 1 is 1.39 bits per heavy atom. The second-order valence-electron chi connectivity index (χ2n) is 5.30. The third-order valence-electron chi connectivity index (χ3n) is 3.57. The van der Waals surface area contributed by atoms with Crippen LogP contribution in [0.25, 0.3) is 21.9 Å². The number of benzene rings is 1. The molecule has 2 aromatic heterocycles.